The van der Waals surface area contributed by atoms with Gasteiger partial charge in [0.1, 0.15) is 0 Å². The fourth-order valence-electron chi connectivity index (χ4n) is 4.28. The van der Waals surface area contributed by atoms with E-state index in [1.165, 1.54) is 69.5 Å². The number of aryl methyl sites for hydroxylation is 1. The lowest BCUT2D eigenvalue weighted by molar-refractivity contribution is 0.617. The van der Waals surface area contributed by atoms with Crippen LogP contribution in [0, 0.1) is 6.92 Å². The minimum Gasteiger partial charge on any atom is -0.361 e. The number of benzene rings is 3. The van der Waals surface area contributed by atoms with Gasteiger partial charge in [0.25, 0.3) is 0 Å². The summed E-state index contributed by atoms with van der Waals surface area (Å²) in [6.07, 6.45) is 7.90. The van der Waals surface area contributed by atoms with E-state index in [1.807, 2.05) is 0 Å². The second-order valence-corrected chi connectivity index (χ2v) is 10.2. The summed E-state index contributed by atoms with van der Waals surface area (Å²) in [5, 5.41) is 10.9. The third-order valence-corrected chi connectivity index (χ3v) is 7.89. The SMILES string of the molecule is CCCCCCCCNc1nc2ccc3c4ccc5nc(C)sc5c4ccc3c2s1. The van der Waals surface area contributed by atoms with Crippen molar-refractivity contribution in [3.05, 3.63) is 41.4 Å². The standard InChI is InChI=1S/C25H27N3S2/c1-3-4-5-6-7-8-15-26-25-28-22-14-12-18-17-11-13-21-23(29-16(2)27-21)19(17)9-10-20(18)24(22)30-25/h9-14H,3-8,15H2,1-2H3,(H,26,28). The average Bonchev–Trinajstić information content (AvgIpc) is 3.35. The summed E-state index contributed by atoms with van der Waals surface area (Å²) < 4.78 is 2.57. The zero-order valence-corrected chi connectivity index (χ0v) is 19.3. The predicted octanol–water partition coefficient (Wildman–Crippen LogP) is 8.29. The minimum atomic E-state index is 1.01. The van der Waals surface area contributed by atoms with Crippen LogP contribution in [0.25, 0.3) is 42.0 Å². The summed E-state index contributed by atoms with van der Waals surface area (Å²) in [6.45, 7) is 5.36. The molecule has 1 N–H and O–H groups in total. The molecule has 3 nitrogen and oxygen atoms in total. The van der Waals surface area contributed by atoms with Crippen molar-refractivity contribution in [2.45, 2.75) is 52.4 Å². The first-order valence-electron chi connectivity index (χ1n) is 11.0. The highest BCUT2D eigenvalue weighted by Gasteiger charge is 2.12. The molecule has 2 heterocycles. The lowest BCUT2D eigenvalue weighted by atomic mass is 10.0. The molecule has 0 spiro atoms. The number of aromatic nitrogens is 2. The number of hydrogen-bond donors (Lipinski definition) is 1. The van der Waals surface area contributed by atoms with Gasteiger partial charge in [0.15, 0.2) is 5.13 Å². The molecule has 0 saturated heterocycles. The van der Waals surface area contributed by atoms with E-state index in [2.05, 4.69) is 60.5 Å². The number of nitrogens with zero attached hydrogens (tertiary/aromatic N) is 2. The highest BCUT2D eigenvalue weighted by molar-refractivity contribution is 7.23. The van der Waals surface area contributed by atoms with Crippen molar-refractivity contribution in [2.75, 3.05) is 11.9 Å². The highest BCUT2D eigenvalue weighted by atomic mass is 32.1. The van der Waals surface area contributed by atoms with E-state index >= 15 is 0 Å². The zero-order valence-electron chi connectivity index (χ0n) is 17.6. The Morgan fingerprint density at radius 3 is 2.03 bits per heavy atom. The van der Waals surface area contributed by atoms with Gasteiger partial charge < -0.3 is 5.32 Å². The van der Waals surface area contributed by atoms with Crippen molar-refractivity contribution in [3.8, 4) is 0 Å². The first-order valence-corrected chi connectivity index (χ1v) is 12.6. The summed E-state index contributed by atoms with van der Waals surface area (Å²) in [4.78, 5) is 9.50. The van der Waals surface area contributed by atoms with Gasteiger partial charge in [-0.25, -0.2) is 9.97 Å². The Balaban J connectivity index is 1.43. The molecule has 30 heavy (non-hydrogen) atoms. The maximum Gasteiger partial charge on any atom is 0.183 e. The quantitative estimate of drug-likeness (QED) is 0.197. The molecule has 0 bridgehead atoms. The van der Waals surface area contributed by atoms with Crippen LogP contribution in [-0.2, 0) is 0 Å². The maximum absolute atomic E-state index is 4.84. The number of rotatable bonds is 8. The third kappa shape index (κ3) is 3.65. The first-order chi connectivity index (χ1) is 14.7. The van der Waals surface area contributed by atoms with Gasteiger partial charge >= 0.3 is 0 Å². The molecular formula is C25H27N3S2. The normalized spacial score (nSPS) is 11.9. The highest BCUT2D eigenvalue weighted by Crippen LogP contribution is 2.38. The fourth-order valence-corrected chi connectivity index (χ4v) is 6.24. The van der Waals surface area contributed by atoms with Gasteiger partial charge in [-0.1, -0.05) is 74.6 Å². The van der Waals surface area contributed by atoms with Crippen LogP contribution in [0.1, 0.15) is 50.5 Å². The molecule has 2 aromatic heterocycles. The number of fused-ring (bicyclic) bond motifs is 7. The van der Waals surface area contributed by atoms with Crippen molar-refractivity contribution in [1.29, 1.82) is 0 Å². The van der Waals surface area contributed by atoms with Crippen molar-refractivity contribution in [3.63, 3.8) is 0 Å². The minimum absolute atomic E-state index is 1.01. The molecule has 0 fully saturated rings. The van der Waals surface area contributed by atoms with Crippen LogP contribution in [0.5, 0.6) is 0 Å². The van der Waals surface area contributed by atoms with Gasteiger partial charge in [0, 0.05) is 17.3 Å². The molecule has 0 atom stereocenters. The van der Waals surface area contributed by atoms with E-state index in [4.69, 9.17) is 4.98 Å². The number of hydrogen-bond acceptors (Lipinski definition) is 5. The summed E-state index contributed by atoms with van der Waals surface area (Å²) in [5.74, 6) is 0. The Hall–Kier alpha value is -2.24. The molecule has 0 saturated carbocycles. The number of nitrogens with one attached hydrogen (secondary N) is 1. The summed E-state index contributed by atoms with van der Waals surface area (Å²) in [5.41, 5.74) is 2.19. The molecule has 0 amide bonds. The van der Waals surface area contributed by atoms with Gasteiger partial charge in [-0.3, -0.25) is 0 Å². The van der Waals surface area contributed by atoms with E-state index in [1.54, 1.807) is 22.7 Å². The van der Waals surface area contributed by atoms with Crippen LogP contribution in [-0.4, -0.2) is 16.5 Å². The molecule has 5 heteroatoms. The molecular weight excluding hydrogens is 406 g/mol. The van der Waals surface area contributed by atoms with Gasteiger partial charge in [-0.05, 0) is 36.2 Å². The van der Waals surface area contributed by atoms with Gasteiger partial charge in [0.2, 0.25) is 0 Å². The van der Waals surface area contributed by atoms with E-state index in [0.717, 1.165) is 27.7 Å². The Morgan fingerprint density at radius 1 is 0.700 bits per heavy atom. The molecule has 0 aliphatic rings. The van der Waals surface area contributed by atoms with Gasteiger partial charge in [-0.2, -0.15) is 0 Å². The Kier molecular flexibility index (Phi) is 5.57. The Labute approximate surface area is 185 Å². The van der Waals surface area contributed by atoms with Crippen LogP contribution in [0.4, 0.5) is 5.13 Å². The topological polar surface area (TPSA) is 37.8 Å². The predicted molar refractivity (Wildman–Crippen MR) is 134 cm³/mol. The fraction of sp³-hybridized carbons (Fsp3) is 0.360. The number of anilines is 1. The van der Waals surface area contributed by atoms with Crippen LogP contribution in [0.2, 0.25) is 0 Å². The number of thiazole rings is 2. The number of unbranched alkanes of at least 4 members (excludes halogenated alkanes) is 5. The van der Waals surface area contributed by atoms with E-state index in [-0.39, 0.29) is 0 Å². The van der Waals surface area contributed by atoms with E-state index in [0.29, 0.717) is 0 Å². The molecule has 5 rings (SSSR count). The van der Waals surface area contributed by atoms with Crippen molar-refractivity contribution >= 4 is 69.8 Å². The van der Waals surface area contributed by atoms with Gasteiger partial charge in [0.05, 0.1) is 25.4 Å². The van der Waals surface area contributed by atoms with E-state index < -0.39 is 0 Å². The van der Waals surface area contributed by atoms with Gasteiger partial charge in [-0.15, -0.1) is 11.3 Å². The summed E-state index contributed by atoms with van der Waals surface area (Å²) >= 11 is 3.57. The lowest BCUT2D eigenvalue weighted by Gasteiger charge is -2.05. The molecule has 154 valence electrons. The second kappa shape index (κ2) is 8.48. The van der Waals surface area contributed by atoms with E-state index in [9.17, 15) is 0 Å². The van der Waals surface area contributed by atoms with Crippen molar-refractivity contribution in [1.82, 2.24) is 9.97 Å². The van der Waals surface area contributed by atoms with Crippen molar-refractivity contribution in [2.24, 2.45) is 0 Å². The smallest absolute Gasteiger partial charge is 0.183 e. The van der Waals surface area contributed by atoms with Crippen LogP contribution in [0.15, 0.2) is 36.4 Å². The maximum atomic E-state index is 4.84. The average molecular weight is 434 g/mol. The zero-order chi connectivity index (χ0) is 20.5. The Bertz CT molecular complexity index is 1330. The van der Waals surface area contributed by atoms with Crippen molar-refractivity contribution < 1.29 is 0 Å². The third-order valence-electron chi connectivity index (χ3n) is 5.81. The Morgan fingerprint density at radius 2 is 1.30 bits per heavy atom. The molecule has 0 aliphatic heterocycles. The molecule has 0 radical (unpaired) electrons. The van der Waals surface area contributed by atoms with Crippen LogP contribution < -0.4 is 5.32 Å². The molecule has 0 unspecified atom stereocenters. The summed E-state index contributed by atoms with van der Waals surface area (Å²) in [6, 6.07) is 13.3. The van der Waals surface area contributed by atoms with Crippen LogP contribution >= 0.6 is 22.7 Å². The molecule has 3 aromatic carbocycles. The lowest BCUT2D eigenvalue weighted by Crippen LogP contribution is -2.00. The summed E-state index contributed by atoms with van der Waals surface area (Å²) in [7, 11) is 0. The monoisotopic (exact) mass is 433 g/mol. The molecule has 5 aromatic rings. The second-order valence-electron chi connectivity index (χ2n) is 8.03. The molecule has 0 aliphatic carbocycles. The van der Waals surface area contributed by atoms with Crippen LogP contribution in [0.3, 0.4) is 0 Å². The largest absolute Gasteiger partial charge is 0.361 e. The first kappa shape index (κ1) is 19.7.